The van der Waals surface area contributed by atoms with Gasteiger partial charge in [-0.05, 0) is 44.1 Å². The van der Waals surface area contributed by atoms with Crippen molar-refractivity contribution >= 4 is 5.97 Å². The highest BCUT2D eigenvalue weighted by molar-refractivity contribution is 5.70. The van der Waals surface area contributed by atoms with Crippen LogP contribution in [0, 0.1) is 5.41 Å². The zero-order chi connectivity index (χ0) is 11.4. The van der Waals surface area contributed by atoms with Crippen LogP contribution in [0.15, 0.2) is 0 Å². The topological polar surface area (TPSA) is 52.3 Å². The molecule has 2 fully saturated rings. The maximum absolute atomic E-state index is 11.8. The summed E-state index contributed by atoms with van der Waals surface area (Å²) in [5.74, 6) is -0.0166. The van der Waals surface area contributed by atoms with Crippen LogP contribution < -0.4 is 5.73 Å². The Morgan fingerprint density at radius 2 is 1.88 bits per heavy atom. The number of carbonyl (C=O) groups is 1. The van der Waals surface area contributed by atoms with E-state index < -0.39 is 0 Å². The van der Waals surface area contributed by atoms with E-state index in [9.17, 15) is 4.79 Å². The first kappa shape index (κ1) is 11.9. The molecular weight excluding hydrogens is 202 g/mol. The summed E-state index contributed by atoms with van der Waals surface area (Å²) < 4.78 is 5.42. The Morgan fingerprint density at radius 3 is 2.38 bits per heavy atom. The van der Waals surface area contributed by atoms with Crippen molar-refractivity contribution in [3.05, 3.63) is 0 Å². The van der Waals surface area contributed by atoms with E-state index in [0.717, 1.165) is 25.7 Å². The minimum atomic E-state index is -0.0166. The van der Waals surface area contributed by atoms with Gasteiger partial charge in [-0.1, -0.05) is 19.3 Å². The third-order valence-corrected chi connectivity index (χ3v) is 4.22. The second-order valence-electron chi connectivity index (χ2n) is 5.48. The lowest BCUT2D eigenvalue weighted by Crippen LogP contribution is -2.37. The van der Waals surface area contributed by atoms with Crippen molar-refractivity contribution in [1.82, 2.24) is 0 Å². The first-order chi connectivity index (χ1) is 7.74. The lowest BCUT2D eigenvalue weighted by Gasteiger charge is -2.36. The summed E-state index contributed by atoms with van der Waals surface area (Å²) in [6, 6.07) is 0. The Morgan fingerprint density at radius 1 is 1.19 bits per heavy atom. The van der Waals surface area contributed by atoms with Gasteiger partial charge in [0.05, 0.1) is 6.42 Å². The summed E-state index contributed by atoms with van der Waals surface area (Å²) in [6.07, 6.45) is 10.0. The summed E-state index contributed by atoms with van der Waals surface area (Å²) in [6.45, 7) is 0.632. The Balaban J connectivity index is 1.82. The van der Waals surface area contributed by atoms with Crippen molar-refractivity contribution in [3.8, 4) is 0 Å². The zero-order valence-corrected chi connectivity index (χ0v) is 10.0. The van der Waals surface area contributed by atoms with Gasteiger partial charge in [-0.2, -0.15) is 0 Å². The maximum atomic E-state index is 11.8. The minimum absolute atomic E-state index is 0.0166. The van der Waals surface area contributed by atoms with Crippen LogP contribution in [0.3, 0.4) is 0 Å². The normalized spacial score (nSPS) is 24.8. The van der Waals surface area contributed by atoms with Crippen LogP contribution in [-0.4, -0.2) is 18.6 Å². The number of hydrogen-bond acceptors (Lipinski definition) is 3. The van der Waals surface area contributed by atoms with E-state index >= 15 is 0 Å². The standard InChI is InChI=1S/C13H23NO2/c14-10-13(7-2-1-3-8-13)9-12(15)16-11-5-4-6-11/h11H,1-10,14H2. The molecule has 3 heteroatoms. The molecule has 2 aliphatic rings. The molecule has 2 N–H and O–H groups in total. The van der Waals surface area contributed by atoms with Gasteiger partial charge in [0.25, 0.3) is 0 Å². The van der Waals surface area contributed by atoms with E-state index in [1.807, 2.05) is 0 Å². The van der Waals surface area contributed by atoms with Crippen LogP contribution in [0.5, 0.6) is 0 Å². The van der Waals surface area contributed by atoms with Crippen molar-refractivity contribution in [3.63, 3.8) is 0 Å². The molecule has 0 unspecified atom stereocenters. The quantitative estimate of drug-likeness (QED) is 0.747. The van der Waals surface area contributed by atoms with E-state index in [1.165, 1.54) is 25.7 Å². The number of hydrogen-bond donors (Lipinski definition) is 1. The molecule has 0 bridgehead atoms. The molecule has 2 aliphatic carbocycles. The lowest BCUT2D eigenvalue weighted by molar-refractivity contribution is -0.156. The third kappa shape index (κ3) is 2.76. The summed E-state index contributed by atoms with van der Waals surface area (Å²) in [5, 5.41) is 0. The van der Waals surface area contributed by atoms with Crippen molar-refractivity contribution in [2.75, 3.05) is 6.54 Å². The molecule has 2 saturated carbocycles. The van der Waals surface area contributed by atoms with E-state index in [0.29, 0.717) is 13.0 Å². The van der Waals surface area contributed by atoms with Crippen molar-refractivity contribution in [2.45, 2.75) is 63.9 Å². The number of nitrogens with two attached hydrogens (primary N) is 1. The van der Waals surface area contributed by atoms with Gasteiger partial charge in [-0.3, -0.25) is 4.79 Å². The second-order valence-corrected chi connectivity index (χ2v) is 5.48. The van der Waals surface area contributed by atoms with Gasteiger partial charge in [-0.15, -0.1) is 0 Å². The third-order valence-electron chi connectivity index (χ3n) is 4.22. The lowest BCUT2D eigenvalue weighted by atomic mass is 9.72. The molecule has 0 heterocycles. The number of rotatable bonds is 4. The second kappa shape index (κ2) is 5.17. The summed E-state index contributed by atoms with van der Waals surface area (Å²) in [7, 11) is 0. The van der Waals surface area contributed by atoms with Gasteiger partial charge < -0.3 is 10.5 Å². The fourth-order valence-electron chi connectivity index (χ4n) is 2.78. The van der Waals surface area contributed by atoms with E-state index in [4.69, 9.17) is 10.5 Å². The SMILES string of the molecule is NCC1(CC(=O)OC2CCC2)CCCCC1. The van der Waals surface area contributed by atoms with Gasteiger partial charge in [0, 0.05) is 0 Å². The van der Waals surface area contributed by atoms with Crippen LogP contribution in [0.4, 0.5) is 0 Å². The van der Waals surface area contributed by atoms with Gasteiger partial charge in [-0.25, -0.2) is 0 Å². The van der Waals surface area contributed by atoms with E-state index in [2.05, 4.69) is 0 Å². The highest BCUT2D eigenvalue weighted by Crippen LogP contribution is 2.39. The van der Waals surface area contributed by atoms with Gasteiger partial charge in [0.15, 0.2) is 0 Å². The monoisotopic (exact) mass is 225 g/mol. The fraction of sp³-hybridized carbons (Fsp3) is 0.923. The average Bonchev–Trinajstić information content (AvgIpc) is 2.25. The molecular formula is C13H23NO2. The number of esters is 1. The maximum Gasteiger partial charge on any atom is 0.306 e. The molecule has 92 valence electrons. The molecule has 3 nitrogen and oxygen atoms in total. The Hall–Kier alpha value is -0.570. The molecule has 0 spiro atoms. The summed E-state index contributed by atoms with van der Waals surface area (Å²) in [5.41, 5.74) is 5.91. The van der Waals surface area contributed by atoms with Crippen molar-refractivity contribution in [1.29, 1.82) is 0 Å². The highest BCUT2D eigenvalue weighted by atomic mass is 16.5. The molecule has 0 radical (unpaired) electrons. The molecule has 2 rings (SSSR count). The highest BCUT2D eigenvalue weighted by Gasteiger charge is 2.34. The molecule has 0 atom stereocenters. The summed E-state index contributed by atoms with van der Waals surface area (Å²) >= 11 is 0. The Bertz CT molecular complexity index is 242. The van der Waals surface area contributed by atoms with Gasteiger partial charge in [0.1, 0.15) is 6.10 Å². The summed E-state index contributed by atoms with van der Waals surface area (Å²) in [4.78, 5) is 11.8. The van der Waals surface area contributed by atoms with Crippen LogP contribution in [0.1, 0.15) is 57.8 Å². The van der Waals surface area contributed by atoms with Crippen LogP contribution in [-0.2, 0) is 9.53 Å². The van der Waals surface area contributed by atoms with Crippen molar-refractivity contribution in [2.24, 2.45) is 11.1 Å². The molecule has 0 aliphatic heterocycles. The van der Waals surface area contributed by atoms with Crippen LogP contribution in [0.25, 0.3) is 0 Å². The Labute approximate surface area is 97.7 Å². The van der Waals surface area contributed by atoms with Gasteiger partial charge >= 0.3 is 5.97 Å². The first-order valence-corrected chi connectivity index (χ1v) is 6.64. The smallest absolute Gasteiger partial charge is 0.306 e. The predicted octanol–water partition coefficient (Wildman–Crippen LogP) is 2.38. The number of carbonyl (C=O) groups excluding carboxylic acids is 1. The molecule has 16 heavy (non-hydrogen) atoms. The predicted molar refractivity (Wildman–Crippen MR) is 62.9 cm³/mol. The van der Waals surface area contributed by atoms with Crippen molar-refractivity contribution < 1.29 is 9.53 Å². The molecule has 0 amide bonds. The molecule has 0 saturated heterocycles. The first-order valence-electron chi connectivity index (χ1n) is 6.64. The minimum Gasteiger partial charge on any atom is -0.462 e. The van der Waals surface area contributed by atoms with Gasteiger partial charge in [0.2, 0.25) is 0 Å². The van der Waals surface area contributed by atoms with Crippen LogP contribution in [0.2, 0.25) is 0 Å². The fourth-order valence-corrected chi connectivity index (χ4v) is 2.78. The molecule has 0 aromatic heterocycles. The van der Waals surface area contributed by atoms with E-state index in [-0.39, 0.29) is 17.5 Å². The largest absolute Gasteiger partial charge is 0.462 e. The Kier molecular flexibility index (Phi) is 3.85. The van der Waals surface area contributed by atoms with E-state index in [1.54, 1.807) is 0 Å². The molecule has 0 aromatic rings. The molecule has 0 aromatic carbocycles. The number of ether oxygens (including phenoxy) is 1. The van der Waals surface area contributed by atoms with Crippen LogP contribution >= 0.6 is 0 Å². The average molecular weight is 225 g/mol. The zero-order valence-electron chi connectivity index (χ0n) is 10.0.